The Morgan fingerprint density at radius 1 is 1.33 bits per heavy atom. The molecule has 1 aromatic rings. The zero-order valence-corrected chi connectivity index (χ0v) is 10.7. The molecule has 1 saturated carbocycles. The molecule has 15 heavy (non-hydrogen) atoms. The van der Waals surface area contributed by atoms with Gasteiger partial charge in [-0.3, -0.25) is 4.98 Å². The lowest BCUT2D eigenvalue weighted by Gasteiger charge is -2.35. The van der Waals surface area contributed by atoms with Crippen molar-refractivity contribution < 1.29 is 0 Å². The van der Waals surface area contributed by atoms with Crippen LogP contribution in [-0.4, -0.2) is 10.5 Å². The Balaban J connectivity index is 2.10. The van der Waals surface area contributed by atoms with Gasteiger partial charge in [-0.2, -0.15) is 0 Å². The van der Waals surface area contributed by atoms with E-state index in [9.17, 15) is 0 Å². The summed E-state index contributed by atoms with van der Waals surface area (Å²) in [6, 6.07) is 2.03. The van der Waals surface area contributed by atoms with E-state index in [4.69, 9.17) is 0 Å². The molecule has 0 unspecified atom stereocenters. The van der Waals surface area contributed by atoms with Gasteiger partial charge in [0, 0.05) is 17.9 Å². The van der Waals surface area contributed by atoms with E-state index in [0.29, 0.717) is 0 Å². The highest BCUT2D eigenvalue weighted by Gasteiger charge is 2.26. The molecule has 3 heteroatoms. The SMILES string of the molecule is CC1(Nc2ccncc2Br)CCCCC1. The van der Waals surface area contributed by atoms with E-state index in [2.05, 4.69) is 33.2 Å². The minimum atomic E-state index is 0.266. The van der Waals surface area contributed by atoms with Crippen molar-refractivity contribution in [3.63, 3.8) is 0 Å². The summed E-state index contributed by atoms with van der Waals surface area (Å²) >= 11 is 3.52. The van der Waals surface area contributed by atoms with Gasteiger partial charge in [0.05, 0.1) is 10.2 Å². The fraction of sp³-hybridized carbons (Fsp3) is 0.583. The van der Waals surface area contributed by atoms with Gasteiger partial charge in [-0.05, 0) is 41.8 Å². The molecule has 1 heterocycles. The highest BCUT2D eigenvalue weighted by molar-refractivity contribution is 9.10. The number of hydrogen-bond donors (Lipinski definition) is 1. The summed E-state index contributed by atoms with van der Waals surface area (Å²) in [6.07, 6.45) is 10.3. The number of rotatable bonds is 2. The average Bonchev–Trinajstić information content (AvgIpc) is 2.22. The van der Waals surface area contributed by atoms with Crippen LogP contribution < -0.4 is 5.32 Å². The number of nitrogens with zero attached hydrogens (tertiary/aromatic N) is 1. The highest BCUT2D eigenvalue weighted by Crippen LogP contribution is 2.33. The lowest BCUT2D eigenvalue weighted by molar-refractivity contribution is 0.349. The Kier molecular flexibility index (Phi) is 3.29. The van der Waals surface area contributed by atoms with Crippen LogP contribution in [-0.2, 0) is 0 Å². The maximum absolute atomic E-state index is 4.07. The van der Waals surface area contributed by atoms with Gasteiger partial charge in [-0.1, -0.05) is 19.3 Å². The minimum absolute atomic E-state index is 0.266. The third kappa shape index (κ3) is 2.71. The van der Waals surface area contributed by atoms with Gasteiger partial charge < -0.3 is 5.32 Å². The molecule has 1 aliphatic carbocycles. The summed E-state index contributed by atoms with van der Waals surface area (Å²) in [5.41, 5.74) is 1.43. The van der Waals surface area contributed by atoms with Crippen LogP contribution >= 0.6 is 15.9 Å². The molecule has 1 N–H and O–H groups in total. The van der Waals surface area contributed by atoms with Crippen LogP contribution in [0.4, 0.5) is 5.69 Å². The van der Waals surface area contributed by atoms with Gasteiger partial charge in [0.2, 0.25) is 0 Å². The molecule has 1 fully saturated rings. The standard InChI is InChI=1S/C12H17BrN2/c1-12(6-3-2-4-7-12)15-11-5-8-14-9-10(11)13/h5,8-9H,2-4,6-7H2,1H3,(H,14,15). The van der Waals surface area contributed by atoms with Crippen molar-refractivity contribution in [1.29, 1.82) is 0 Å². The number of anilines is 1. The van der Waals surface area contributed by atoms with Crippen molar-refractivity contribution >= 4 is 21.6 Å². The Hall–Kier alpha value is -0.570. The maximum atomic E-state index is 4.07. The quantitative estimate of drug-likeness (QED) is 0.878. The van der Waals surface area contributed by atoms with Gasteiger partial charge in [-0.25, -0.2) is 0 Å². The van der Waals surface area contributed by atoms with Crippen molar-refractivity contribution in [2.45, 2.75) is 44.6 Å². The normalized spacial score (nSPS) is 19.9. The van der Waals surface area contributed by atoms with E-state index in [1.165, 1.54) is 32.1 Å². The van der Waals surface area contributed by atoms with Crippen LogP contribution in [0.2, 0.25) is 0 Å². The lowest BCUT2D eigenvalue weighted by atomic mass is 9.83. The summed E-state index contributed by atoms with van der Waals surface area (Å²) in [5.74, 6) is 0. The maximum Gasteiger partial charge on any atom is 0.0590 e. The van der Waals surface area contributed by atoms with E-state index < -0.39 is 0 Å². The predicted octanol–water partition coefficient (Wildman–Crippen LogP) is 3.98. The monoisotopic (exact) mass is 268 g/mol. The van der Waals surface area contributed by atoms with Crippen LogP contribution in [0.5, 0.6) is 0 Å². The van der Waals surface area contributed by atoms with Gasteiger partial charge in [0.25, 0.3) is 0 Å². The molecule has 1 aromatic heterocycles. The van der Waals surface area contributed by atoms with E-state index in [0.717, 1.165) is 10.2 Å². The second-order valence-corrected chi connectivity index (χ2v) is 5.46. The Morgan fingerprint density at radius 3 is 2.73 bits per heavy atom. The number of nitrogens with one attached hydrogen (secondary N) is 1. The number of aromatic nitrogens is 1. The summed E-state index contributed by atoms with van der Waals surface area (Å²) in [6.45, 7) is 2.32. The Labute approximate surface area is 99.6 Å². The molecule has 0 saturated heterocycles. The molecule has 2 nitrogen and oxygen atoms in total. The minimum Gasteiger partial charge on any atom is -0.379 e. The van der Waals surface area contributed by atoms with Crippen LogP contribution in [0.25, 0.3) is 0 Å². The summed E-state index contributed by atoms with van der Waals surface area (Å²) in [4.78, 5) is 4.07. The van der Waals surface area contributed by atoms with E-state index in [1.807, 2.05) is 18.5 Å². The second-order valence-electron chi connectivity index (χ2n) is 4.60. The fourth-order valence-corrected chi connectivity index (χ4v) is 2.61. The van der Waals surface area contributed by atoms with Crippen LogP contribution in [0.1, 0.15) is 39.0 Å². The molecule has 82 valence electrons. The molecule has 0 amide bonds. The largest absolute Gasteiger partial charge is 0.379 e. The first kappa shape index (κ1) is 10.9. The number of halogens is 1. The first-order valence-corrected chi connectivity index (χ1v) is 6.37. The third-order valence-electron chi connectivity index (χ3n) is 3.17. The molecular weight excluding hydrogens is 252 g/mol. The lowest BCUT2D eigenvalue weighted by Crippen LogP contribution is -2.36. The molecule has 2 rings (SSSR count). The van der Waals surface area contributed by atoms with Crippen LogP contribution in [0.3, 0.4) is 0 Å². The van der Waals surface area contributed by atoms with Crippen molar-refractivity contribution in [3.8, 4) is 0 Å². The summed E-state index contributed by atoms with van der Waals surface area (Å²) < 4.78 is 1.05. The van der Waals surface area contributed by atoms with Crippen molar-refractivity contribution in [3.05, 3.63) is 22.9 Å². The van der Waals surface area contributed by atoms with Crippen molar-refractivity contribution in [1.82, 2.24) is 4.98 Å². The molecule has 1 aliphatic rings. The molecule has 0 aromatic carbocycles. The molecule has 0 atom stereocenters. The first-order chi connectivity index (χ1) is 7.20. The third-order valence-corrected chi connectivity index (χ3v) is 3.80. The zero-order chi connectivity index (χ0) is 10.7. The Bertz CT molecular complexity index is 332. The second kappa shape index (κ2) is 4.52. The molecule has 0 radical (unpaired) electrons. The van der Waals surface area contributed by atoms with Gasteiger partial charge in [-0.15, -0.1) is 0 Å². The van der Waals surface area contributed by atoms with E-state index in [-0.39, 0.29) is 5.54 Å². The Morgan fingerprint density at radius 2 is 2.07 bits per heavy atom. The van der Waals surface area contributed by atoms with Crippen molar-refractivity contribution in [2.24, 2.45) is 0 Å². The predicted molar refractivity (Wildman–Crippen MR) is 67.0 cm³/mol. The topological polar surface area (TPSA) is 24.9 Å². The van der Waals surface area contributed by atoms with Crippen molar-refractivity contribution in [2.75, 3.05) is 5.32 Å². The summed E-state index contributed by atoms with van der Waals surface area (Å²) in [7, 11) is 0. The zero-order valence-electron chi connectivity index (χ0n) is 9.09. The van der Waals surface area contributed by atoms with E-state index in [1.54, 1.807) is 0 Å². The number of pyridine rings is 1. The van der Waals surface area contributed by atoms with Crippen LogP contribution in [0, 0.1) is 0 Å². The number of hydrogen-bond acceptors (Lipinski definition) is 2. The molecule has 0 bridgehead atoms. The molecule has 0 spiro atoms. The fourth-order valence-electron chi connectivity index (χ4n) is 2.26. The molecular formula is C12H17BrN2. The molecule has 0 aliphatic heterocycles. The highest BCUT2D eigenvalue weighted by atomic mass is 79.9. The smallest absolute Gasteiger partial charge is 0.0590 e. The first-order valence-electron chi connectivity index (χ1n) is 5.57. The van der Waals surface area contributed by atoms with Crippen LogP contribution in [0.15, 0.2) is 22.9 Å². The van der Waals surface area contributed by atoms with E-state index >= 15 is 0 Å². The van der Waals surface area contributed by atoms with Gasteiger partial charge in [0.1, 0.15) is 0 Å². The van der Waals surface area contributed by atoms with Gasteiger partial charge >= 0.3 is 0 Å². The summed E-state index contributed by atoms with van der Waals surface area (Å²) in [5, 5.41) is 3.64. The van der Waals surface area contributed by atoms with Gasteiger partial charge in [0.15, 0.2) is 0 Å². The average molecular weight is 269 g/mol.